The molecule has 0 spiro atoms. The van der Waals surface area contributed by atoms with Crippen LogP contribution < -0.4 is 0 Å². The monoisotopic (exact) mass is 306 g/mol. The standard InChI is InChI=1S/C15H18N2O3S/c1-17(14-6-8-15(18)9-7-14)21(19,20)11-13-5-3-2-4-12(13)10-16/h2-5,14H,6-9,11H2,1H3. The lowest BCUT2D eigenvalue weighted by molar-refractivity contribution is -0.120. The first-order valence-corrected chi connectivity index (χ1v) is 8.50. The van der Waals surface area contributed by atoms with Gasteiger partial charge in [0, 0.05) is 25.9 Å². The molecule has 21 heavy (non-hydrogen) atoms. The number of nitrogens with zero attached hydrogens (tertiary/aromatic N) is 2. The maximum atomic E-state index is 12.5. The minimum atomic E-state index is -3.49. The smallest absolute Gasteiger partial charge is 0.218 e. The minimum absolute atomic E-state index is 0.123. The SMILES string of the molecule is CN(C1CCC(=O)CC1)S(=O)(=O)Cc1ccccc1C#N. The lowest BCUT2D eigenvalue weighted by Gasteiger charge is -2.30. The van der Waals surface area contributed by atoms with Gasteiger partial charge in [-0.05, 0) is 24.5 Å². The highest BCUT2D eigenvalue weighted by molar-refractivity contribution is 7.88. The van der Waals surface area contributed by atoms with E-state index in [0.29, 0.717) is 36.8 Å². The van der Waals surface area contributed by atoms with Gasteiger partial charge in [-0.1, -0.05) is 18.2 Å². The van der Waals surface area contributed by atoms with Gasteiger partial charge in [-0.15, -0.1) is 0 Å². The Morgan fingerprint density at radius 1 is 1.29 bits per heavy atom. The quantitative estimate of drug-likeness (QED) is 0.850. The highest BCUT2D eigenvalue weighted by atomic mass is 32.2. The van der Waals surface area contributed by atoms with Crippen molar-refractivity contribution in [3.05, 3.63) is 35.4 Å². The summed E-state index contributed by atoms with van der Waals surface area (Å²) in [5.41, 5.74) is 0.895. The van der Waals surface area contributed by atoms with E-state index in [1.807, 2.05) is 6.07 Å². The van der Waals surface area contributed by atoms with Crippen molar-refractivity contribution >= 4 is 15.8 Å². The van der Waals surface area contributed by atoms with E-state index in [1.165, 1.54) is 4.31 Å². The van der Waals surface area contributed by atoms with Crippen LogP contribution in [-0.2, 0) is 20.6 Å². The molecule has 1 aromatic rings. The summed E-state index contributed by atoms with van der Waals surface area (Å²) in [5, 5.41) is 9.04. The number of benzene rings is 1. The van der Waals surface area contributed by atoms with E-state index in [2.05, 4.69) is 0 Å². The molecule has 0 atom stereocenters. The van der Waals surface area contributed by atoms with E-state index in [1.54, 1.807) is 31.3 Å². The minimum Gasteiger partial charge on any atom is -0.300 e. The van der Waals surface area contributed by atoms with E-state index in [-0.39, 0.29) is 17.6 Å². The van der Waals surface area contributed by atoms with E-state index in [0.717, 1.165) is 0 Å². The zero-order valence-corrected chi connectivity index (χ0v) is 12.8. The van der Waals surface area contributed by atoms with Crippen molar-refractivity contribution in [1.29, 1.82) is 5.26 Å². The van der Waals surface area contributed by atoms with Crippen molar-refractivity contribution in [1.82, 2.24) is 4.31 Å². The van der Waals surface area contributed by atoms with Gasteiger partial charge in [-0.2, -0.15) is 5.26 Å². The number of hydrogen-bond donors (Lipinski definition) is 0. The second-order valence-corrected chi connectivity index (χ2v) is 7.34. The highest BCUT2D eigenvalue weighted by Gasteiger charge is 2.30. The molecule has 6 heteroatoms. The van der Waals surface area contributed by atoms with Crippen LogP contribution in [0.3, 0.4) is 0 Å². The topological polar surface area (TPSA) is 78.2 Å². The van der Waals surface area contributed by atoms with E-state index < -0.39 is 10.0 Å². The Balaban J connectivity index is 2.14. The Bertz CT molecular complexity index is 666. The molecule has 0 amide bonds. The van der Waals surface area contributed by atoms with Crippen molar-refractivity contribution in [2.45, 2.75) is 37.5 Å². The molecule has 1 aliphatic carbocycles. The van der Waals surface area contributed by atoms with Crippen LogP contribution in [0, 0.1) is 11.3 Å². The molecule has 0 aliphatic heterocycles. The van der Waals surface area contributed by atoms with Crippen LogP contribution in [0.2, 0.25) is 0 Å². The van der Waals surface area contributed by atoms with E-state index in [9.17, 15) is 13.2 Å². The van der Waals surface area contributed by atoms with E-state index >= 15 is 0 Å². The summed E-state index contributed by atoms with van der Waals surface area (Å²) < 4.78 is 26.3. The molecule has 0 bridgehead atoms. The first-order chi connectivity index (χ1) is 9.94. The largest absolute Gasteiger partial charge is 0.300 e. The van der Waals surface area contributed by atoms with Crippen molar-refractivity contribution in [3.8, 4) is 6.07 Å². The third kappa shape index (κ3) is 3.69. The van der Waals surface area contributed by atoms with Gasteiger partial charge in [-0.3, -0.25) is 4.79 Å². The predicted octanol–water partition coefficient (Wildman–Crippen LogP) is 1.83. The van der Waals surface area contributed by atoms with Crippen molar-refractivity contribution < 1.29 is 13.2 Å². The maximum absolute atomic E-state index is 12.5. The number of carbonyl (C=O) groups is 1. The van der Waals surface area contributed by atoms with Gasteiger partial charge in [0.1, 0.15) is 5.78 Å². The first-order valence-electron chi connectivity index (χ1n) is 6.89. The Morgan fingerprint density at radius 2 is 1.90 bits per heavy atom. The molecular formula is C15H18N2O3S. The summed E-state index contributed by atoms with van der Waals surface area (Å²) in [7, 11) is -1.93. The van der Waals surface area contributed by atoms with Crippen molar-refractivity contribution in [2.24, 2.45) is 0 Å². The Labute approximate surface area is 125 Å². The Kier molecular flexibility index (Phi) is 4.76. The van der Waals surface area contributed by atoms with Crippen molar-refractivity contribution in [3.63, 3.8) is 0 Å². The van der Waals surface area contributed by atoms with Gasteiger partial charge in [0.05, 0.1) is 17.4 Å². The molecule has 1 fully saturated rings. The fraction of sp³-hybridized carbons (Fsp3) is 0.467. The Morgan fingerprint density at radius 3 is 2.52 bits per heavy atom. The lowest BCUT2D eigenvalue weighted by atomic mass is 9.95. The number of Topliss-reactive ketones (excluding diaryl/α,β-unsaturated/α-hetero) is 1. The molecule has 112 valence electrons. The molecular weight excluding hydrogens is 288 g/mol. The number of hydrogen-bond acceptors (Lipinski definition) is 4. The highest BCUT2D eigenvalue weighted by Crippen LogP contribution is 2.23. The van der Waals surface area contributed by atoms with Gasteiger partial charge in [0.25, 0.3) is 0 Å². The average molecular weight is 306 g/mol. The summed E-state index contributed by atoms with van der Waals surface area (Å²) >= 11 is 0. The molecule has 0 radical (unpaired) electrons. The third-order valence-corrected chi connectivity index (χ3v) is 5.79. The van der Waals surface area contributed by atoms with Gasteiger partial charge in [-0.25, -0.2) is 12.7 Å². The molecule has 0 aromatic heterocycles. The molecule has 0 saturated heterocycles. The first kappa shape index (κ1) is 15.7. The van der Waals surface area contributed by atoms with Crippen LogP contribution in [0.15, 0.2) is 24.3 Å². The zero-order valence-electron chi connectivity index (χ0n) is 11.9. The van der Waals surface area contributed by atoms with Crippen molar-refractivity contribution in [2.75, 3.05) is 7.05 Å². The van der Waals surface area contributed by atoms with Crippen LogP contribution in [0.1, 0.15) is 36.8 Å². The van der Waals surface area contributed by atoms with Crippen LogP contribution in [0.4, 0.5) is 0 Å². The molecule has 0 N–H and O–H groups in total. The molecule has 1 aromatic carbocycles. The summed E-state index contributed by atoms with van der Waals surface area (Å²) in [4.78, 5) is 11.3. The second-order valence-electron chi connectivity index (χ2n) is 5.31. The Hall–Kier alpha value is -1.71. The fourth-order valence-corrected chi connectivity index (χ4v) is 4.08. The number of nitriles is 1. The molecule has 1 saturated carbocycles. The molecule has 1 aliphatic rings. The van der Waals surface area contributed by atoms with Gasteiger partial charge in [0.15, 0.2) is 0 Å². The zero-order chi connectivity index (χ0) is 15.5. The van der Waals surface area contributed by atoms with Crippen LogP contribution >= 0.6 is 0 Å². The summed E-state index contributed by atoms with van der Waals surface area (Å²) in [6.45, 7) is 0. The predicted molar refractivity (Wildman–Crippen MR) is 78.8 cm³/mol. The van der Waals surface area contributed by atoms with Gasteiger partial charge < -0.3 is 0 Å². The number of carbonyl (C=O) groups excluding carboxylic acids is 1. The maximum Gasteiger partial charge on any atom is 0.218 e. The molecule has 5 nitrogen and oxygen atoms in total. The number of rotatable bonds is 4. The summed E-state index contributed by atoms with van der Waals surface area (Å²) in [6.07, 6.45) is 2.04. The normalized spacial score (nSPS) is 16.9. The van der Waals surface area contributed by atoms with Crippen LogP contribution in [0.25, 0.3) is 0 Å². The van der Waals surface area contributed by atoms with Gasteiger partial charge >= 0.3 is 0 Å². The molecule has 0 unspecified atom stereocenters. The second kappa shape index (κ2) is 6.37. The summed E-state index contributed by atoms with van der Waals surface area (Å²) in [6, 6.07) is 8.61. The molecule has 0 heterocycles. The van der Waals surface area contributed by atoms with Gasteiger partial charge in [0.2, 0.25) is 10.0 Å². The number of sulfonamides is 1. The van der Waals surface area contributed by atoms with E-state index in [4.69, 9.17) is 5.26 Å². The third-order valence-electron chi connectivity index (χ3n) is 3.94. The van der Waals surface area contributed by atoms with Crippen LogP contribution in [-0.4, -0.2) is 31.6 Å². The fourth-order valence-electron chi connectivity index (χ4n) is 2.57. The molecule has 2 rings (SSSR count). The van der Waals surface area contributed by atoms with Crippen LogP contribution in [0.5, 0.6) is 0 Å². The number of ketones is 1. The lowest BCUT2D eigenvalue weighted by Crippen LogP contribution is -2.40. The average Bonchev–Trinajstić information content (AvgIpc) is 2.47. The summed E-state index contributed by atoms with van der Waals surface area (Å²) in [5.74, 6) is 0.0180.